The van der Waals surface area contributed by atoms with Crippen LogP contribution < -0.4 is 0 Å². The fourth-order valence-corrected chi connectivity index (χ4v) is 2.96. The van der Waals surface area contributed by atoms with E-state index in [2.05, 4.69) is 47.7 Å². The third-order valence-electron chi connectivity index (χ3n) is 3.70. The highest BCUT2D eigenvalue weighted by Crippen LogP contribution is 2.24. The van der Waals surface area contributed by atoms with Gasteiger partial charge in [0, 0.05) is 18.5 Å². The molecule has 1 unspecified atom stereocenters. The summed E-state index contributed by atoms with van der Waals surface area (Å²) < 4.78 is 0. The first-order valence-corrected chi connectivity index (χ1v) is 7.63. The first kappa shape index (κ1) is 13.3. The van der Waals surface area contributed by atoms with E-state index in [-0.39, 0.29) is 5.92 Å². The lowest BCUT2D eigenvalue weighted by atomic mass is 10.0. The van der Waals surface area contributed by atoms with Crippen molar-refractivity contribution in [2.45, 2.75) is 45.7 Å². The Morgan fingerprint density at radius 1 is 1.50 bits per heavy atom. The molecule has 2 rings (SSSR count). The Kier molecular flexibility index (Phi) is 4.59. The van der Waals surface area contributed by atoms with Gasteiger partial charge in [-0.15, -0.1) is 0 Å². The molecule has 1 aromatic rings. The van der Waals surface area contributed by atoms with Crippen molar-refractivity contribution in [2.75, 3.05) is 0 Å². The molecule has 1 heterocycles. The quantitative estimate of drug-likeness (QED) is 0.739. The van der Waals surface area contributed by atoms with Crippen molar-refractivity contribution in [3.63, 3.8) is 0 Å². The van der Waals surface area contributed by atoms with Crippen LogP contribution in [-0.2, 0) is 11.3 Å². The maximum atomic E-state index is 12.6. The molecule has 1 aromatic heterocycles. The molecule has 1 aliphatic carbocycles. The average Bonchev–Trinajstić information content (AvgIpc) is 3.06. The number of thiophene rings is 1. The van der Waals surface area contributed by atoms with Crippen LogP contribution in [0.2, 0.25) is 0 Å². The molecule has 0 saturated carbocycles. The highest BCUT2D eigenvalue weighted by Gasteiger charge is 2.27. The normalized spacial score (nSPS) is 17.0. The number of nitrogens with zero attached hydrogens (tertiary/aromatic N) is 1. The second-order valence-corrected chi connectivity index (χ2v) is 5.77. The minimum Gasteiger partial charge on any atom is -0.335 e. The molecule has 3 heteroatoms. The molecule has 18 heavy (non-hydrogen) atoms. The molecular weight excluding hydrogens is 242 g/mol. The molecule has 0 N–H and O–H groups in total. The van der Waals surface area contributed by atoms with E-state index >= 15 is 0 Å². The monoisotopic (exact) mass is 263 g/mol. The van der Waals surface area contributed by atoms with E-state index < -0.39 is 0 Å². The number of amides is 1. The summed E-state index contributed by atoms with van der Waals surface area (Å²) >= 11 is 1.69. The van der Waals surface area contributed by atoms with Gasteiger partial charge in [0.25, 0.3) is 0 Å². The molecular formula is C15H21NOS. The highest BCUT2D eigenvalue weighted by atomic mass is 32.1. The van der Waals surface area contributed by atoms with Crippen LogP contribution in [0.15, 0.2) is 29.0 Å². The highest BCUT2D eigenvalue weighted by molar-refractivity contribution is 7.07. The zero-order valence-corrected chi connectivity index (χ0v) is 12.0. The van der Waals surface area contributed by atoms with Crippen molar-refractivity contribution in [2.24, 2.45) is 5.92 Å². The van der Waals surface area contributed by atoms with Crippen LogP contribution >= 0.6 is 11.3 Å². The van der Waals surface area contributed by atoms with Gasteiger partial charge in [0.15, 0.2) is 0 Å². The van der Waals surface area contributed by atoms with Crippen molar-refractivity contribution in [1.29, 1.82) is 0 Å². The summed E-state index contributed by atoms with van der Waals surface area (Å²) in [5.41, 5.74) is 1.25. The summed E-state index contributed by atoms with van der Waals surface area (Å²) in [5, 5.41) is 4.21. The average molecular weight is 263 g/mol. The van der Waals surface area contributed by atoms with Gasteiger partial charge >= 0.3 is 0 Å². The largest absolute Gasteiger partial charge is 0.335 e. The molecule has 0 saturated heterocycles. The number of hydrogen-bond donors (Lipinski definition) is 0. The van der Waals surface area contributed by atoms with Crippen LogP contribution in [0, 0.1) is 5.92 Å². The van der Waals surface area contributed by atoms with Gasteiger partial charge in [0.2, 0.25) is 5.91 Å². The van der Waals surface area contributed by atoms with Crippen LogP contribution in [0.4, 0.5) is 0 Å². The maximum absolute atomic E-state index is 12.6. The van der Waals surface area contributed by atoms with Crippen molar-refractivity contribution >= 4 is 17.2 Å². The second kappa shape index (κ2) is 6.19. The Morgan fingerprint density at radius 2 is 2.22 bits per heavy atom. The zero-order valence-electron chi connectivity index (χ0n) is 11.1. The van der Waals surface area contributed by atoms with Gasteiger partial charge in [-0.25, -0.2) is 0 Å². The van der Waals surface area contributed by atoms with Crippen LogP contribution in [-0.4, -0.2) is 16.8 Å². The molecule has 1 amide bonds. The lowest BCUT2D eigenvalue weighted by molar-refractivity contribution is -0.138. The standard InChI is InChI=1S/C15H21NOS/c1-3-12(2)16(10-13-8-9-18-11-13)15(17)14-6-4-5-7-14/h4-5,8-9,11-12,14H,3,6-7,10H2,1-2H3. The second-order valence-electron chi connectivity index (χ2n) is 4.99. The number of carbonyl (C=O) groups is 1. The number of rotatable bonds is 5. The number of allylic oxidation sites excluding steroid dienone is 2. The molecule has 0 spiro atoms. The number of hydrogen-bond acceptors (Lipinski definition) is 2. The topological polar surface area (TPSA) is 20.3 Å². The van der Waals surface area contributed by atoms with Crippen LogP contribution in [0.1, 0.15) is 38.7 Å². The van der Waals surface area contributed by atoms with E-state index in [1.54, 1.807) is 11.3 Å². The van der Waals surface area contributed by atoms with E-state index in [0.717, 1.165) is 25.8 Å². The summed E-state index contributed by atoms with van der Waals surface area (Å²) in [6, 6.07) is 2.43. The van der Waals surface area contributed by atoms with Gasteiger partial charge in [0.05, 0.1) is 0 Å². The summed E-state index contributed by atoms with van der Waals surface area (Å²) in [7, 11) is 0. The molecule has 0 radical (unpaired) electrons. The third kappa shape index (κ3) is 3.02. The lowest BCUT2D eigenvalue weighted by Gasteiger charge is -2.30. The van der Waals surface area contributed by atoms with Crippen LogP contribution in [0.5, 0.6) is 0 Å². The van der Waals surface area contributed by atoms with E-state index in [4.69, 9.17) is 0 Å². The summed E-state index contributed by atoms with van der Waals surface area (Å²) in [5.74, 6) is 0.498. The van der Waals surface area contributed by atoms with E-state index in [0.29, 0.717) is 11.9 Å². The summed E-state index contributed by atoms with van der Waals surface area (Å²) in [4.78, 5) is 14.6. The smallest absolute Gasteiger partial charge is 0.226 e. The molecule has 0 aliphatic heterocycles. The third-order valence-corrected chi connectivity index (χ3v) is 4.43. The fraction of sp³-hybridized carbons (Fsp3) is 0.533. The first-order valence-electron chi connectivity index (χ1n) is 6.69. The molecule has 0 fully saturated rings. The Morgan fingerprint density at radius 3 is 2.78 bits per heavy atom. The van der Waals surface area contributed by atoms with E-state index in [1.165, 1.54) is 5.56 Å². The Hall–Kier alpha value is -1.09. The van der Waals surface area contributed by atoms with Crippen LogP contribution in [0.3, 0.4) is 0 Å². The molecule has 2 nitrogen and oxygen atoms in total. The van der Waals surface area contributed by atoms with E-state index in [1.807, 2.05) is 0 Å². The molecule has 0 aromatic carbocycles. The molecule has 1 aliphatic rings. The predicted molar refractivity (Wildman–Crippen MR) is 76.5 cm³/mol. The Labute approximate surface area is 113 Å². The zero-order chi connectivity index (χ0) is 13.0. The lowest BCUT2D eigenvalue weighted by Crippen LogP contribution is -2.40. The van der Waals surface area contributed by atoms with Crippen molar-refractivity contribution in [3.05, 3.63) is 34.5 Å². The first-order chi connectivity index (χ1) is 8.72. The van der Waals surface area contributed by atoms with Gasteiger partial charge < -0.3 is 4.90 Å². The van der Waals surface area contributed by atoms with Crippen molar-refractivity contribution in [3.8, 4) is 0 Å². The molecule has 98 valence electrons. The Bertz CT molecular complexity index is 402. The Balaban J connectivity index is 2.06. The predicted octanol–water partition coefficient (Wildman–Crippen LogP) is 3.84. The maximum Gasteiger partial charge on any atom is 0.226 e. The fourth-order valence-electron chi connectivity index (χ4n) is 2.30. The van der Waals surface area contributed by atoms with Gasteiger partial charge in [0.1, 0.15) is 0 Å². The molecule has 0 bridgehead atoms. The van der Waals surface area contributed by atoms with Crippen molar-refractivity contribution in [1.82, 2.24) is 4.90 Å². The van der Waals surface area contributed by atoms with Gasteiger partial charge in [-0.3, -0.25) is 4.79 Å². The minimum absolute atomic E-state index is 0.178. The van der Waals surface area contributed by atoms with Gasteiger partial charge in [-0.05, 0) is 48.6 Å². The summed E-state index contributed by atoms with van der Waals surface area (Å²) in [6.07, 6.45) is 7.09. The molecule has 1 atom stereocenters. The van der Waals surface area contributed by atoms with Crippen LogP contribution in [0.25, 0.3) is 0 Å². The minimum atomic E-state index is 0.178. The van der Waals surface area contributed by atoms with Crippen molar-refractivity contribution < 1.29 is 4.79 Å². The summed E-state index contributed by atoms with van der Waals surface area (Å²) in [6.45, 7) is 5.05. The SMILES string of the molecule is CCC(C)N(Cc1ccsc1)C(=O)C1CC=CC1. The number of carbonyl (C=O) groups excluding carboxylic acids is 1. The van der Waals surface area contributed by atoms with Gasteiger partial charge in [-0.2, -0.15) is 11.3 Å². The van der Waals surface area contributed by atoms with Gasteiger partial charge in [-0.1, -0.05) is 19.1 Å². The van der Waals surface area contributed by atoms with E-state index in [9.17, 15) is 4.79 Å².